The van der Waals surface area contributed by atoms with Crippen LogP contribution in [0.2, 0.25) is 0 Å². The number of nitrogens with one attached hydrogen (secondary N) is 2. The van der Waals surface area contributed by atoms with Gasteiger partial charge < -0.3 is 16.4 Å². The van der Waals surface area contributed by atoms with Crippen molar-refractivity contribution in [3.63, 3.8) is 0 Å². The molecule has 1 aliphatic heterocycles. The Bertz CT molecular complexity index is 903. The summed E-state index contributed by atoms with van der Waals surface area (Å²) in [6, 6.07) is 8.49. The minimum absolute atomic E-state index is 0.0471. The van der Waals surface area contributed by atoms with E-state index in [0.29, 0.717) is 24.1 Å². The largest absolute Gasteiger partial charge is 0.398 e. The quantitative estimate of drug-likeness (QED) is 0.467. The topological polar surface area (TPSA) is 92.7 Å². The van der Waals surface area contributed by atoms with Gasteiger partial charge in [-0.2, -0.15) is 0 Å². The van der Waals surface area contributed by atoms with E-state index in [1.807, 2.05) is 0 Å². The number of hydrogen-bond donors (Lipinski definition) is 4. The highest BCUT2D eigenvalue weighted by Crippen LogP contribution is 2.24. The smallest absolute Gasteiger partial charge is 0.227 e. The molecule has 1 heterocycles. The van der Waals surface area contributed by atoms with Crippen LogP contribution < -0.4 is 21.8 Å². The number of piperidine rings is 1. The normalized spacial score (nSPS) is 14.9. The molecule has 2 aromatic rings. The number of rotatable bonds is 5. The van der Waals surface area contributed by atoms with Crippen LogP contribution in [0.15, 0.2) is 42.5 Å². The molecule has 0 spiro atoms. The van der Waals surface area contributed by atoms with E-state index in [-0.39, 0.29) is 29.0 Å². The Morgan fingerprint density at radius 2 is 1.86 bits per heavy atom. The van der Waals surface area contributed by atoms with Gasteiger partial charge in [-0.15, -0.1) is 0 Å². The van der Waals surface area contributed by atoms with Crippen LogP contribution in [0.1, 0.15) is 24.0 Å². The lowest BCUT2D eigenvalue weighted by Crippen LogP contribution is -2.39. The maximum absolute atomic E-state index is 14.3. The Morgan fingerprint density at radius 1 is 1.18 bits per heavy atom. The van der Waals surface area contributed by atoms with Gasteiger partial charge in [-0.1, -0.05) is 12.1 Å². The number of carbonyl (C=O) groups excluding carboxylic acids is 1. The first-order valence-electron chi connectivity index (χ1n) is 9.11. The van der Waals surface area contributed by atoms with Gasteiger partial charge in [-0.05, 0) is 61.8 Å². The van der Waals surface area contributed by atoms with Gasteiger partial charge in [0.15, 0.2) is 0 Å². The van der Waals surface area contributed by atoms with Gasteiger partial charge >= 0.3 is 0 Å². The van der Waals surface area contributed by atoms with Gasteiger partial charge in [0.05, 0.1) is 11.3 Å². The molecule has 0 aliphatic carbocycles. The lowest BCUT2D eigenvalue weighted by Gasteiger charge is -2.22. The summed E-state index contributed by atoms with van der Waals surface area (Å²) in [5, 5.41) is 11.9. The molecule has 1 fully saturated rings. The van der Waals surface area contributed by atoms with Gasteiger partial charge in [0.1, 0.15) is 11.6 Å². The van der Waals surface area contributed by atoms with Crippen LogP contribution in [0.3, 0.4) is 0 Å². The summed E-state index contributed by atoms with van der Waals surface area (Å²) in [6.45, 7) is 1.53. The van der Waals surface area contributed by atoms with Crippen molar-refractivity contribution < 1.29 is 19.0 Å². The maximum Gasteiger partial charge on any atom is 0.227 e. The van der Waals surface area contributed by atoms with Gasteiger partial charge in [0.25, 0.3) is 0 Å². The zero-order valence-corrected chi connectivity index (χ0v) is 15.3. The molecule has 7 heteroatoms. The van der Waals surface area contributed by atoms with Crippen molar-refractivity contribution in [2.45, 2.75) is 12.8 Å². The van der Waals surface area contributed by atoms with Crippen molar-refractivity contribution in [1.29, 1.82) is 0 Å². The summed E-state index contributed by atoms with van der Waals surface area (Å²) >= 11 is 0. The van der Waals surface area contributed by atoms with E-state index in [1.165, 1.54) is 18.2 Å². The lowest BCUT2D eigenvalue weighted by molar-refractivity contribution is -0.120. The Morgan fingerprint density at radius 3 is 2.54 bits per heavy atom. The van der Waals surface area contributed by atoms with Crippen molar-refractivity contribution in [3.8, 4) is 0 Å². The van der Waals surface area contributed by atoms with Crippen molar-refractivity contribution in [3.05, 3.63) is 65.2 Å². The molecule has 1 amide bonds. The third-order valence-electron chi connectivity index (χ3n) is 4.74. The second-order valence-corrected chi connectivity index (χ2v) is 6.77. The average Bonchev–Trinajstić information content (AvgIpc) is 2.70. The Labute approximate surface area is 162 Å². The van der Waals surface area contributed by atoms with E-state index in [1.54, 1.807) is 24.3 Å². The zero-order chi connectivity index (χ0) is 20.1. The lowest BCUT2D eigenvalue weighted by atomic mass is 9.97. The van der Waals surface area contributed by atoms with Crippen molar-refractivity contribution in [2.75, 3.05) is 24.1 Å². The summed E-state index contributed by atoms with van der Waals surface area (Å²) in [4.78, 5) is 12.4. The molecule has 2 aromatic carbocycles. The second kappa shape index (κ2) is 8.75. The van der Waals surface area contributed by atoms with Gasteiger partial charge in [-0.3, -0.25) is 10.2 Å². The number of amides is 1. The Kier molecular flexibility index (Phi) is 6.16. The van der Waals surface area contributed by atoms with Gasteiger partial charge in [-0.25, -0.2) is 8.78 Å². The first-order chi connectivity index (χ1) is 13.4. The summed E-state index contributed by atoms with van der Waals surface area (Å²) in [5.74, 6) is -1.30. The van der Waals surface area contributed by atoms with Crippen LogP contribution in [0.4, 0.5) is 20.2 Å². The number of nitrogens with two attached hydrogens (primary N) is 2. The monoisotopic (exact) mass is 385 g/mol. The van der Waals surface area contributed by atoms with Crippen LogP contribution in [-0.4, -0.2) is 24.7 Å². The number of hydrogen-bond acceptors (Lipinski definition) is 3. The molecule has 5 nitrogen and oxygen atoms in total. The fourth-order valence-corrected chi connectivity index (χ4v) is 3.10. The van der Waals surface area contributed by atoms with Crippen molar-refractivity contribution >= 4 is 29.1 Å². The molecule has 0 unspecified atom stereocenters. The third kappa shape index (κ3) is 4.80. The average molecular weight is 385 g/mol. The molecular formula is C21H23F2N4O+. The van der Waals surface area contributed by atoms with Crippen LogP contribution in [-0.2, 0) is 4.79 Å². The predicted molar refractivity (Wildman–Crippen MR) is 107 cm³/mol. The molecule has 0 bridgehead atoms. The molecule has 1 saturated heterocycles. The number of benzene rings is 2. The van der Waals surface area contributed by atoms with Crippen molar-refractivity contribution in [1.82, 2.24) is 5.32 Å². The van der Waals surface area contributed by atoms with E-state index in [9.17, 15) is 13.6 Å². The molecule has 1 aliphatic rings. The fraction of sp³-hybridized carbons (Fsp3) is 0.238. The number of anilines is 2. The molecule has 0 saturated carbocycles. The predicted octanol–water partition coefficient (Wildman–Crippen LogP) is 1.75. The SMILES string of the molecule is Nc1cc(F)c(NC(=O)C2CCNCC2)cc1C(=[NH2+])/C=C/c1ccc(F)cc1. The standard InChI is InChI=1S/C21H22F2N4O/c22-15-4-1-13(2-5-15)3-6-18(24)16-11-20(17(23)12-19(16)25)27-21(28)14-7-9-26-10-8-14/h1-6,11-12,14,24,26H,7-10,25H2,(H,27,28)/p+1/b6-3+,24-18?. The zero-order valence-electron chi connectivity index (χ0n) is 15.3. The molecule has 6 N–H and O–H groups in total. The fourth-order valence-electron chi connectivity index (χ4n) is 3.10. The minimum atomic E-state index is -0.612. The van der Waals surface area contributed by atoms with E-state index >= 15 is 0 Å². The van der Waals surface area contributed by atoms with Crippen LogP contribution >= 0.6 is 0 Å². The van der Waals surface area contributed by atoms with E-state index < -0.39 is 5.82 Å². The number of allylic oxidation sites excluding steroid dienone is 1. The van der Waals surface area contributed by atoms with E-state index in [0.717, 1.165) is 24.7 Å². The molecule has 146 valence electrons. The van der Waals surface area contributed by atoms with Crippen LogP contribution in [0.25, 0.3) is 6.08 Å². The molecule has 0 aromatic heterocycles. The summed E-state index contributed by atoms with van der Waals surface area (Å²) in [5.41, 5.74) is 7.60. The molecule has 0 radical (unpaired) electrons. The van der Waals surface area contributed by atoms with Crippen LogP contribution in [0, 0.1) is 17.6 Å². The third-order valence-corrected chi connectivity index (χ3v) is 4.74. The number of halogens is 2. The molecule has 3 rings (SSSR count). The molecule has 28 heavy (non-hydrogen) atoms. The molecular weight excluding hydrogens is 362 g/mol. The Hall–Kier alpha value is -3.06. The number of nitrogen functional groups attached to an aromatic ring is 1. The first kappa shape index (κ1) is 19.7. The van der Waals surface area contributed by atoms with E-state index in [2.05, 4.69) is 10.6 Å². The summed E-state index contributed by atoms with van der Waals surface area (Å²) in [7, 11) is 0. The maximum atomic E-state index is 14.3. The highest BCUT2D eigenvalue weighted by atomic mass is 19.1. The highest BCUT2D eigenvalue weighted by molar-refractivity contribution is 6.11. The van der Waals surface area contributed by atoms with E-state index in [4.69, 9.17) is 11.1 Å². The van der Waals surface area contributed by atoms with Crippen molar-refractivity contribution in [2.24, 2.45) is 5.92 Å². The second-order valence-electron chi connectivity index (χ2n) is 6.77. The highest BCUT2D eigenvalue weighted by Gasteiger charge is 2.22. The first-order valence-corrected chi connectivity index (χ1v) is 9.11. The minimum Gasteiger partial charge on any atom is -0.398 e. The van der Waals surface area contributed by atoms with Gasteiger partial charge in [0.2, 0.25) is 11.6 Å². The summed E-state index contributed by atoms with van der Waals surface area (Å²) in [6.07, 6.45) is 4.73. The number of carbonyl (C=O) groups is 1. The Balaban J connectivity index is 1.77. The summed E-state index contributed by atoms with van der Waals surface area (Å²) < 4.78 is 27.3. The molecule has 0 atom stereocenters. The van der Waals surface area contributed by atoms with Crippen LogP contribution in [0.5, 0.6) is 0 Å². The van der Waals surface area contributed by atoms with Gasteiger partial charge in [0, 0.05) is 17.7 Å².